The summed E-state index contributed by atoms with van der Waals surface area (Å²) in [7, 11) is -3.51. The normalized spacial score (nSPS) is 20.4. The van der Waals surface area contributed by atoms with Gasteiger partial charge in [-0.2, -0.15) is 4.31 Å². The maximum atomic E-state index is 13.0. The molecule has 0 bridgehead atoms. The van der Waals surface area contributed by atoms with Crippen LogP contribution >= 0.6 is 0 Å². The topological polar surface area (TPSA) is 60.9 Å². The lowest BCUT2D eigenvalue weighted by Crippen LogP contribution is -2.52. The number of para-hydroxylation sites is 1. The van der Waals surface area contributed by atoms with Crippen LogP contribution in [0.25, 0.3) is 0 Å². The number of rotatable bonds is 4. The first-order valence-corrected chi connectivity index (χ1v) is 11.9. The van der Waals surface area contributed by atoms with Gasteiger partial charge in [0.2, 0.25) is 15.9 Å². The molecule has 1 atom stereocenters. The fourth-order valence-corrected chi connectivity index (χ4v) is 5.87. The SMILES string of the molecule is Cc1ccc(S(=O)(=O)N2CCN(CC(=O)N3c4ccccc4C[C@@H]3C)CC2)cc1C. The van der Waals surface area contributed by atoms with Gasteiger partial charge in [-0.15, -0.1) is 0 Å². The second-order valence-electron chi connectivity index (χ2n) is 8.37. The van der Waals surface area contributed by atoms with E-state index in [1.54, 1.807) is 12.1 Å². The van der Waals surface area contributed by atoms with Gasteiger partial charge < -0.3 is 4.90 Å². The number of fused-ring (bicyclic) bond motifs is 1. The Hall–Kier alpha value is -2.22. The third kappa shape index (κ3) is 3.89. The Labute approximate surface area is 179 Å². The van der Waals surface area contributed by atoms with Crippen molar-refractivity contribution >= 4 is 21.6 Å². The maximum Gasteiger partial charge on any atom is 0.243 e. The molecule has 2 aromatic carbocycles. The van der Waals surface area contributed by atoms with Crippen molar-refractivity contribution in [2.24, 2.45) is 0 Å². The second kappa shape index (κ2) is 8.13. The van der Waals surface area contributed by atoms with E-state index in [0.717, 1.165) is 23.2 Å². The number of benzene rings is 2. The van der Waals surface area contributed by atoms with Crippen LogP contribution in [0.1, 0.15) is 23.6 Å². The molecule has 160 valence electrons. The van der Waals surface area contributed by atoms with E-state index in [1.165, 1.54) is 9.87 Å². The summed E-state index contributed by atoms with van der Waals surface area (Å²) in [6, 6.07) is 13.5. The molecule has 4 rings (SSSR count). The highest BCUT2D eigenvalue weighted by Crippen LogP contribution is 2.32. The number of amides is 1. The first kappa shape index (κ1) is 21.0. The molecule has 1 saturated heterocycles. The van der Waals surface area contributed by atoms with Gasteiger partial charge in [-0.1, -0.05) is 24.3 Å². The van der Waals surface area contributed by atoms with E-state index in [9.17, 15) is 13.2 Å². The molecule has 2 aliphatic rings. The van der Waals surface area contributed by atoms with Crippen molar-refractivity contribution in [1.82, 2.24) is 9.21 Å². The molecule has 2 aliphatic heterocycles. The fourth-order valence-electron chi connectivity index (χ4n) is 4.36. The summed E-state index contributed by atoms with van der Waals surface area (Å²) < 4.78 is 27.5. The first-order valence-electron chi connectivity index (χ1n) is 10.5. The zero-order valence-electron chi connectivity index (χ0n) is 17.8. The van der Waals surface area contributed by atoms with Crippen molar-refractivity contribution in [1.29, 1.82) is 0 Å². The number of hydrogen-bond donors (Lipinski definition) is 0. The highest BCUT2D eigenvalue weighted by Gasteiger charge is 2.33. The van der Waals surface area contributed by atoms with Crippen LogP contribution in [0.2, 0.25) is 0 Å². The number of carbonyl (C=O) groups is 1. The average molecular weight is 428 g/mol. The van der Waals surface area contributed by atoms with Gasteiger partial charge in [0.1, 0.15) is 0 Å². The van der Waals surface area contributed by atoms with Crippen LogP contribution in [0.3, 0.4) is 0 Å². The van der Waals surface area contributed by atoms with Crippen LogP contribution in [0.15, 0.2) is 47.4 Å². The van der Waals surface area contributed by atoms with E-state index in [1.807, 2.05) is 43.0 Å². The summed E-state index contributed by atoms with van der Waals surface area (Å²) in [5.41, 5.74) is 4.27. The highest BCUT2D eigenvalue weighted by atomic mass is 32.2. The minimum atomic E-state index is -3.51. The number of carbonyl (C=O) groups excluding carboxylic acids is 1. The van der Waals surface area contributed by atoms with Gasteiger partial charge in [-0.25, -0.2) is 8.42 Å². The molecule has 0 N–H and O–H groups in total. The van der Waals surface area contributed by atoms with Crippen LogP contribution < -0.4 is 4.90 Å². The first-order chi connectivity index (χ1) is 14.3. The molecule has 1 fully saturated rings. The van der Waals surface area contributed by atoms with E-state index in [4.69, 9.17) is 0 Å². The van der Waals surface area contributed by atoms with E-state index in [-0.39, 0.29) is 11.9 Å². The van der Waals surface area contributed by atoms with Gasteiger partial charge in [-0.3, -0.25) is 9.69 Å². The fraction of sp³-hybridized carbons (Fsp3) is 0.435. The van der Waals surface area contributed by atoms with Crippen molar-refractivity contribution < 1.29 is 13.2 Å². The van der Waals surface area contributed by atoms with Gasteiger partial charge in [0.15, 0.2) is 0 Å². The Kier molecular flexibility index (Phi) is 5.70. The smallest absolute Gasteiger partial charge is 0.243 e. The number of anilines is 1. The van der Waals surface area contributed by atoms with Crippen molar-refractivity contribution in [3.8, 4) is 0 Å². The molecule has 0 unspecified atom stereocenters. The quantitative estimate of drug-likeness (QED) is 0.753. The lowest BCUT2D eigenvalue weighted by molar-refractivity contribution is -0.120. The van der Waals surface area contributed by atoms with Crippen molar-refractivity contribution in [3.63, 3.8) is 0 Å². The zero-order valence-corrected chi connectivity index (χ0v) is 18.7. The van der Waals surface area contributed by atoms with Crippen LogP contribution in [-0.4, -0.2) is 62.3 Å². The number of aryl methyl sites for hydroxylation is 2. The molecule has 2 heterocycles. The predicted molar refractivity (Wildman–Crippen MR) is 118 cm³/mol. The van der Waals surface area contributed by atoms with Crippen LogP contribution in [0.4, 0.5) is 5.69 Å². The molecule has 30 heavy (non-hydrogen) atoms. The minimum Gasteiger partial charge on any atom is -0.308 e. The van der Waals surface area contributed by atoms with Crippen LogP contribution in [-0.2, 0) is 21.2 Å². The molecule has 0 spiro atoms. The number of hydrogen-bond acceptors (Lipinski definition) is 4. The van der Waals surface area contributed by atoms with Crippen LogP contribution in [0, 0.1) is 13.8 Å². The second-order valence-corrected chi connectivity index (χ2v) is 10.3. The molecule has 2 aromatic rings. The maximum absolute atomic E-state index is 13.0. The number of nitrogens with zero attached hydrogens (tertiary/aromatic N) is 3. The predicted octanol–water partition coefficient (Wildman–Crippen LogP) is 2.59. The molecule has 0 aliphatic carbocycles. The standard InChI is InChI=1S/C23H29N3O3S/c1-17-8-9-21(14-18(17)2)30(28,29)25-12-10-24(11-13-25)16-23(27)26-19(3)15-20-6-4-5-7-22(20)26/h4-9,14,19H,10-13,15-16H2,1-3H3/t19-/m0/s1. The summed E-state index contributed by atoms with van der Waals surface area (Å²) in [5.74, 6) is 0.0814. The monoisotopic (exact) mass is 427 g/mol. The van der Waals surface area contributed by atoms with Crippen LogP contribution in [0.5, 0.6) is 0 Å². The third-order valence-electron chi connectivity index (χ3n) is 6.28. The Morgan fingerprint density at radius 1 is 1.00 bits per heavy atom. The Bertz CT molecular complexity index is 1060. The number of sulfonamides is 1. The zero-order chi connectivity index (χ0) is 21.5. The summed E-state index contributed by atoms with van der Waals surface area (Å²) in [6.07, 6.45) is 0.879. The molecular weight excluding hydrogens is 398 g/mol. The molecule has 0 aromatic heterocycles. The van der Waals surface area contributed by atoms with E-state index >= 15 is 0 Å². The van der Waals surface area contributed by atoms with Gasteiger partial charge in [0, 0.05) is 37.9 Å². The molecule has 1 amide bonds. The van der Waals surface area contributed by atoms with Crippen molar-refractivity contribution in [3.05, 3.63) is 59.2 Å². The molecule has 6 nitrogen and oxygen atoms in total. The van der Waals surface area contributed by atoms with E-state index in [2.05, 4.69) is 17.9 Å². The Morgan fingerprint density at radius 2 is 1.70 bits per heavy atom. The lowest BCUT2D eigenvalue weighted by atomic mass is 10.1. The van der Waals surface area contributed by atoms with E-state index < -0.39 is 10.0 Å². The van der Waals surface area contributed by atoms with Crippen molar-refractivity contribution in [2.75, 3.05) is 37.6 Å². The van der Waals surface area contributed by atoms with Gasteiger partial charge in [-0.05, 0) is 62.1 Å². The summed E-state index contributed by atoms with van der Waals surface area (Å²) in [5, 5.41) is 0. The summed E-state index contributed by atoms with van der Waals surface area (Å²) >= 11 is 0. The van der Waals surface area contributed by atoms with Gasteiger partial charge in [0.25, 0.3) is 0 Å². The van der Waals surface area contributed by atoms with Gasteiger partial charge in [0.05, 0.1) is 11.4 Å². The third-order valence-corrected chi connectivity index (χ3v) is 8.18. The summed E-state index contributed by atoms with van der Waals surface area (Å²) in [4.78, 5) is 17.3. The summed E-state index contributed by atoms with van der Waals surface area (Å²) in [6.45, 7) is 8.20. The Balaban J connectivity index is 1.39. The Morgan fingerprint density at radius 3 is 2.40 bits per heavy atom. The molecule has 0 radical (unpaired) electrons. The highest BCUT2D eigenvalue weighted by molar-refractivity contribution is 7.89. The van der Waals surface area contributed by atoms with E-state index in [0.29, 0.717) is 37.6 Å². The molecular formula is C23H29N3O3S. The number of piperazine rings is 1. The minimum absolute atomic E-state index is 0.0814. The average Bonchev–Trinajstić information content (AvgIpc) is 3.06. The van der Waals surface area contributed by atoms with Crippen molar-refractivity contribution in [2.45, 2.75) is 38.1 Å². The lowest BCUT2D eigenvalue weighted by Gasteiger charge is -2.35. The molecule has 0 saturated carbocycles. The largest absolute Gasteiger partial charge is 0.308 e. The van der Waals surface area contributed by atoms with Gasteiger partial charge >= 0.3 is 0 Å². The molecule has 7 heteroatoms.